The van der Waals surface area contributed by atoms with Crippen LogP contribution >= 0.6 is 11.6 Å². The molecule has 2 heterocycles. The number of aromatic nitrogens is 3. The Morgan fingerprint density at radius 2 is 1.60 bits per heavy atom. The molecule has 0 fully saturated rings. The van der Waals surface area contributed by atoms with Crippen molar-refractivity contribution in [2.75, 3.05) is 19.0 Å². The third-order valence-corrected chi connectivity index (χ3v) is 6.84. The lowest BCUT2D eigenvalue weighted by Gasteiger charge is -2.12. The number of hydrogen-bond donors (Lipinski definition) is 3. The Balaban J connectivity index is 1.26. The van der Waals surface area contributed by atoms with Gasteiger partial charge in [-0.1, -0.05) is 23.7 Å². The van der Waals surface area contributed by atoms with Gasteiger partial charge in [-0.2, -0.15) is 18.2 Å². The Morgan fingerprint density at radius 1 is 0.911 bits per heavy atom. The average Bonchev–Trinajstić information content (AvgIpc) is 3.40. The Kier molecular flexibility index (Phi) is 8.86. The Labute approximate surface area is 257 Å². The van der Waals surface area contributed by atoms with Gasteiger partial charge in [-0.3, -0.25) is 9.59 Å². The molecule has 5 aromatic rings. The molecule has 0 radical (unpaired) electrons. The van der Waals surface area contributed by atoms with E-state index in [-0.39, 0.29) is 34.4 Å². The van der Waals surface area contributed by atoms with Gasteiger partial charge in [-0.05, 0) is 54.1 Å². The number of carbonyl (C=O) groups is 2. The van der Waals surface area contributed by atoms with Crippen LogP contribution < -0.4 is 20.7 Å². The molecule has 0 aliphatic heterocycles. The molecule has 2 amide bonds. The van der Waals surface area contributed by atoms with Crippen molar-refractivity contribution in [1.29, 1.82) is 0 Å². The van der Waals surface area contributed by atoms with Crippen LogP contribution in [0.3, 0.4) is 0 Å². The number of amides is 2. The smallest absolute Gasteiger partial charge is 0.405 e. The molecule has 15 heteroatoms. The van der Waals surface area contributed by atoms with Gasteiger partial charge in [0.2, 0.25) is 5.95 Å². The molecule has 0 saturated heterocycles. The number of hydrogen-bond acceptors (Lipinski definition) is 6. The van der Waals surface area contributed by atoms with Crippen molar-refractivity contribution >= 4 is 40.7 Å². The number of nitrogens with zero attached hydrogens (tertiary/aromatic N) is 3. The number of fused-ring (bicyclic) bond motifs is 1. The number of halogens is 6. The molecule has 232 valence electrons. The molecule has 3 N–H and O–H groups in total. The molecule has 2 aromatic heterocycles. The molecule has 0 aliphatic rings. The zero-order valence-corrected chi connectivity index (χ0v) is 23.9. The van der Waals surface area contributed by atoms with Gasteiger partial charge < -0.3 is 20.7 Å². The van der Waals surface area contributed by atoms with Crippen molar-refractivity contribution in [1.82, 2.24) is 25.2 Å². The van der Waals surface area contributed by atoms with Crippen molar-refractivity contribution in [2.45, 2.75) is 12.7 Å². The summed E-state index contributed by atoms with van der Waals surface area (Å²) in [7, 11) is 1.34. The van der Waals surface area contributed by atoms with Gasteiger partial charge in [0.1, 0.15) is 23.9 Å². The lowest BCUT2D eigenvalue weighted by atomic mass is 10.1. The maximum Gasteiger partial charge on any atom is 0.405 e. The molecule has 9 nitrogen and oxygen atoms in total. The lowest BCUT2D eigenvalue weighted by molar-refractivity contribution is -0.123. The van der Waals surface area contributed by atoms with Crippen LogP contribution in [0.5, 0.6) is 5.75 Å². The summed E-state index contributed by atoms with van der Waals surface area (Å²) in [5, 5.41) is 11.6. The normalized spacial score (nSPS) is 11.4. The number of pyridine rings is 1. The van der Waals surface area contributed by atoms with Crippen LogP contribution in [0, 0.1) is 11.6 Å². The van der Waals surface area contributed by atoms with Crippen LogP contribution in [0.1, 0.15) is 26.3 Å². The fourth-order valence-electron chi connectivity index (χ4n) is 4.27. The molecule has 0 bridgehead atoms. The minimum atomic E-state index is -4.54. The summed E-state index contributed by atoms with van der Waals surface area (Å²) < 4.78 is 71.4. The van der Waals surface area contributed by atoms with Crippen LogP contribution in [-0.2, 0) is 6.54 Å². The highest BCUT2D eigenvalue weighted by molar-refractivity contribution is 6.31. The monoisotopic (exact) mass is 644 g/mol. The van der Waals surface area contributed by atoms with Gasteiger partial charge in [0.15, 0.2) is 5.65 Å². The van der Waals surface area contributed by atoms with E-state index >= 15 is 0 Å². The molecule has 45 heavy (non-hydrogen) atoms. The van der Waals surface area contributed by atoms with Gasteiger partial charge in [0.05, 0.1) is 17.8 Å². The molecule has 0 aliphatic carbocycles. The lowest BCUT2D eigenvalue weighted by Crippen LogP contribution is -2.33. The Hall–Kier alpha value is -5.24. The first kappa shape index (κ1) is 31.2. The first-order valence-electron chi connectivity index (χ1n) is 13.1. The molecule has 0 unspecified atom stereocenters. The second-order valence-corrected chi connectivity index (χ2v) is 10.0. The second-order valence-electron chi connectivity index (χ2n) is 9.60. The Bertz CT molecular complexity index is 1870. The predicted molar refractivity (Wildman–Crippen MR) is 156 cm³/mol. The summed E-state index contributed by atoms with van der Waals surface area (Å²) in [6, 6.07) is 15.9. The maximum absolute atomic E-state index is 14.0. The third-order valence-electron chi connectivity index (χ3n) is 6.50. The van der Waals surface area contributed by atoms with E-state index in [0.717, 1.165) is 17.2 Å². The van der Waals surface area contributed by atoms with E-state index < -0.39 is 36.2 Å². The van der Waals surface area contributed by atoms with Crippen LogP contribution in [0.15, 0.2) is 72.9 Å². The quantitative estimate of drug-likeness (QED) is 0.163. The highest BCUT2D eigenvalue weighted by Crippen LogP contribution is 2.29. The fraction of sp³-hybridized carbons (Fsp3) is 0.133. The fourth-order valence-corrected chi connectivity index (χ4v) is 4.53. The standard InChI is InChI=1S/C30H22ClF5N6O3/c1-45-25-10-18(28(44)38-15-30(34,35)36)6-8-24(25)39-29-40-26-9-7-19(14-42(26)41-29)16-2-4-17(5-3-16)27(43)37-13-21-22(31)11-20(32)12-23(21)33/h2-12,14H,13,15H2,1H3,(H,37,43)(H,38,44)(H,39,41). The number of anilines is 2. The number of nitrogens with one attached hydrogen (secondary N) is 3. The van der Waals surface area contributed by atoms with Crippen LogP contribution in [-0.4, -0.2) is 46.2 Å². The van der Waals surface area contributed by atoms with E-state index in [9.17, 15) is 31.5 Å². The zero-order valence-electron chi connectivity index (χ0n) is 23.2. The largest absolute Gasteiger partial charge is 0.495 e. The Morgan fingerprint density at radius 3 is 2.29 bits per heavy atom. The van der Waals surface area contributed by atoms with Gasteiger partial charge >= 0.3 is 6.18 Å². The van der Waals surface area contributed by atoms with Gasteiger partial charge in [-0.25, -0.2) is 13.3 Å². The molecule has 0 atom stereocenters. The van der Waals surface area contributed by atoms with Crippen molar-refractivity contribution in [3.05, 3.63) is 106 Å². The number of rotatable bonds is 9. The summed E-state index contributed by atoms with van der Waals surface area (Å²) in [5.74, 6) is -2.69. The second kappa shape index (κ2) is 12.8. The summed E-state index contributed by atoms with van der Waals surface area (Å²) in [6.07, 6.45) is -2.82. The van der Waals surface area contributed by atoms with Crippen molar-refractivity contribution in [2.24, 2.45) is 0 Å². The van der Waals surface area contributed by atoms with E-state index in [4.69, 9.17) is 16.3 Å². The van der Waals surface area contributed by atoms with Crippen molar-refractivity contribution in [3.63, 3.8) is 0 Å². The van der Waals surface area contributed by atoms with Crippen LogP contribution in [0.2, 0.25) is 5.02 Å². The molecule has 0 saturated carbocycles. The number of methoxy groups -OCH3 is 1. The van der Waals surface area contributed by atoms with Crippen molar-refractivity contribution < 1.29 is 36.3 Å². The van der Waals surface area contributed by atoms with Crippen LogP contribution in [0.4, 0.5) is 33.6 Å². The molecule has 5 rings (SSSR count). The number of ether oxygens (including phenoxy) is 1. The van der Waals surface area contributed by atoms with Gasteiger partial charge in [0.25, 0.3) is 11.8 Å². The van der Waals surface area contributed by atoms with Crippen LogP contribution in [0.25, 0.3) is 16.8 Å². The van der Waals surface area contributed by atoms with E-state index in [0.29, 0.717) is 23.0 Å². The number of carbonyl (C=O) groups excluding carboxylic acids is 2. The first-order valence-corrected chi connectivity index (χ1v) is 13.5. The number of benzene rings is 3. The molecular formula is C30H22ClF5N6O3. The minimum Gasteiger partial charge on any atom is -0.495 e. The molecular weight excluding hydrogens is 623 g/mol. The highest BCUT2D eigenvalue weighted by atomic mass is 35.5. The average molecular weight is 645 g/mol. The first-order chi connectivity index (χ1) is 21.4. The van der Waals surface area contributed by atoms with Gasteiger partial charge in [-0.15, -0.1) is 5.10 Å². The summed E-state index contributed by atoms with van der Waals surface area (Å²) in [6.45, 7) is -1.68. The van der Waals surface area contributed by atoms with E-state index in [2.05, 4.69) is 20.7 Å². The predicted octanol–water partition coefficient (Wildman–Crippen LogP) is 6.30. The summed E-state index contributed by atoms with van der Waals surface area (Å²) in [4.78, 5) is 29.1. The van der Waals surface area contributed by atoms with Gasteiger partial charge in [0, 0.05) is 41.1 Å². The minimum absolute atomic E-state index is 0.0241. The van der Waals surface area contributed by atoms with Crippen molar-refractivity contribution in [3.8, 4) is 16.9 Å². The van der Waals surface area contributed by atoms with E-state index in [1.54, 1.807) is 47.9 Å². The zero-order chi connectivity index (χ0) is 32.3. The summed E-state index contributed by atoms with van der Waals surface area (Å²) >= 11 is 5.89. The highest BCUT2D eigenvalue weighted by Gasteiger charge is 2.28. The summed E-state index contributed by atoms with van der Waals surface area (Å²) in [5.41, 5.74) is 2.63. The maximum atomic E-state index is 14.0. The number of alkyl halides is 3. The topological polar surface area (TPSA) is 110 Å². The molecule has 3 aromatic carbocycles. The molecule has 0 spiro atoms. The third kappa shape index (κ3) is 7.47. The van der Waals surface area contributed by atoms with E-state index in [1.165, 1.54) is 29.8 Å². The van der Waals surface area contributed by atoms with E-state index in [1.807, 2.05) is 0 Å². The SMILES string of the molecule is COc1cc(C(=O)NCC(F)(F)F)ccc1Nc1nc2ccc(-c3ccc(C(=O)NCc4c(F)cc(F)cc4Cl)cc3)cn2n1.